The van der Waals surface area contributed by atoms with E-state index < -0.39 is 5.60 Å². The molecule has 122 valence electrons. The smallest absolute Gasteiger partial charge is 0.273 e. The van der Waals surface area contributed by atoms with Gasteiger partial charge in [-0.1, -0.05) is 19.3 Å². The van der Waals surface area contributed by atoms with E-state index in [-0.39, 0.29) is 24.0 Å². The topological polar surface area (TPSA) is 80.0 Å². The number of hydrogen-bond acceptors (Lipinski definition) is 4. The van der Waals surface area contributed by atoms with Crippen LogP contribution in [0.25, 0.3) is 5.69 Å². The summed E-state index contributed by atoms with van der Waals surface area (Å²) in [5, 5.41) is 21.2. The van der Waals surface area contributed by atoms with Crippen LogP contribution < -0.4 is 5.32 Å². The number of aromatic nitrogens is 3. The number of carbonyl (C=O) groups excluding carboxylic acids is 1. The molecule has 1 aliphatic rings. The van der Waals surface area contributed by atoms with Crippen LogP contribution in [0.15, 0.2) is 30.5 Å². The molecule has 1 fully saturated rings. The molecule has 1 amide bonds. The Morgan fingerprint density at radius 1 is 1.26 bits per heavy atom. The largest absolute Gasteiger partial charge is 0.388 e. The highest BCUT2D eigenvalue weighted by Crippen LogP contribution is 2.27. The van der Waals surface area contributed by atoms with Crippen molar-refractivity contribution in [3.8, 4) is 5.69 Å². The molecule has 1 aromatic carbocycles. The number of nitrogens with one attached hydrogen (secondary N) is 1. The molecule has 1 aliphatic carbocycles. The lowest BCUT2D eigenvalue weighted by atomic mass is 9.85. The van der Waals surface area contributed by atoms with Crippen LogP contribution in [0.1, 0.15) is 42.6 Å². The number of nitrogens with zero attached hydrogens (tertiary/aromatic N) is 3. The first-order chi connectivity index (χ1) is 11.1. The first kappa shape index (κ1) is 15.6. The Kier molecular flexibility index (Phi) is 4.38. The van der Waals surface area contributed by atoms with Crippen molar-refractivity contribution in [1.82, 2.24) is 20.3 Å². The lowest BCUT2D eigenvalue weighted by Crippen LogP contribution is -2.44. The van der Waals surface area contributed by atoms with Crippen molar-refractivity contribution in [2.75, 3.05) is 6.54 Å². The van der Waals surface area contributed by atoms with Crippen molar-refractivity contribution in [2.24, 2.45) is 0 Å². The minimum atomic E-state index is -0.819. The third-order valence-corrected chi connectivity index (χ3v) is 4.14. The average Bonchev–Trinajstić information content (AvgIpc) is 3.04. The maximum Gasteiger partial charge on any atom is 0.273 e. The van der Waals surface area contributed by atoms with Crippen molar-refractivity contribution in [2.45, 2.75) is 37.7 Å². The zero-order valence-electron chi connectivity index (χ0n) is 12.7. The SMILES string of the molecule is O=C(NCC1(O)CCCCC1)c1cnn(-c2ccc(F)cc2)n1. The van der Waals surface area contributed by atoms with Crippen LogP contribution in [0.3, 0.4) is 0 Å². The van der Waals surface area contributed by atoms with Gasteiger partial charge in [0.05, 0.1) is 17.5 Å². The van der Waals surface area contributed by atoms with E-state index in [1.165, 1.54) is 35.3 Å². The molecule has 23 heavy (non-hydrogen) atoms. The first-order valence-electron chi connectivity index (χ1n) is 7.75. The molecular weight excluding hydrogens is 299 g/mol. The molecule has 1 aromatic heterocycles. The minimum Gasteiger partial charge on any atom is -0.388 e. The highest BCUT2D eigenvalue weighted by atomic mass is 19.1. The fraction of sp³-hybridized carbons (Fsp3) is 0.438. The second-order valence-corrected chi connectivity index (χ2v) is 5.96. The van der Waals surface area contributed by atoms with Crippen molar-refractivity contribution in [1.29, 1.82) is 0 Å². The lowest BCUT2D eigenvalue weighted by molar-refractivity contribution is 0.00521. The molecule has 0 saturated heterocycles. The molecule has 0 bridgehead atoms. The summed E-state index contributed by atoms with van der Waals surface area (Å²) in [4.78, 5) is 13.4. The van der Waals surface area contributed by atoms with Gasteiger partial charge in [0.2, 0.25) is 0 Å². The van der Waals surface area contributed by atoms with Gasteiger partial charge in [0.25, 0.3) is 5.91 Å². The van der Waals surface area contributed by atoms with E-state index in [9.17, 15) is 14.3 Å². The van der Waals surface area contributed by atoms with Gasteiger partial charge in [-0.25, -0.2) is 4.39 Å². The van der Waals surface area contributed by atoms with E-state index in [1.807, 2.05) is 0 Å². The van der Waals surface area contributed by atoms with Gasteiger partial charge in [0.1, 0.15) is 5.82 Å². The minimum absolute atomic E-state index is 0.161. The van der Waals surface area contributed by atoms with Crippen LogP contribution in [-0.4, -0.2) is 38.2 Å². The maximum atomic E-state index is 12.9. The molecular formula is C16H19FN4O2. The number of rotatable bonds is 4. The van der Waals surface area contributed by atoms with Gasteiger partial charge in [-0.2, -0.15) is 9.90 Å². The van der Waals surface area contributed by atoms with Gasteiger partial charge in [0, 0.05) is 6.54 Å². The van der Waals surface area contributed by atoms with Gasteiger partial charge in [0.15, 0.2) is 5.69 Å². The quantitative estimate of drug-likeness (QED) is 0.901. The fourth-order valence-electron chi connectivity index (χ4n) is 2.79. The fourth-order valence-corrected chi connectivity index (χ4v) is 2.79. The molecule has 0 spiro atoms. The Morgan fingerprint density at radius 3 is 2.65 bits per heavy atom. The number of aliphatic hydroxyl groups is 1. The molecule has 6 nitrogen and oxygen atoms in total. The van der Waals surface area contributed by atoms with Crippen molar-refractivity contribution in [3.05, 3.63) is 42.0 Å². The zero-order valence-corrected chi connectivity index (χ0v) is 12.7. The number of hydrogen-bond donors (Lipinski definition) is 2. The number of amides is 1. The van der Waals surface area contributed by atoms with E-state index in [0.717, 1.165) is 19.3 Å². The average molecular weight is 318 g/mol. The van der Waals surface area contributed by atoms with Crippen LogP contribution in [-0.2, 0) is 0 Å². The summed E-state index contributed by atoms with van der Waals surface area (Å²) in [6.07, 6.45) is 5.84. The predicted octanol–water partition coefficient (Wildman–Crippen LogP) is 1.83. The third kappa shape index (κ3) is 3.73. The monoisotopic (exact) mass is 318 g/mol. The molecule has 0 radical (unpaired) electrons. The molecule has 1 heterocycles. The van der Waals surface area contributed by atoms with Crippen LogP contribution in [0.2, 0.25) is 0 Å². The molecule has 0 unspecified atom stereocenters. The Labute approximate surface area is 133 Å². The first-order valence-corrected chi connectivity index (χ1v) is 7.75. The van der Waals surface area contributed by atoms with E-state index in [2.05, 4.69) is 15.5 Å². The molecule has 2 aromatic rings. The van der Waals surface area contributed by atoms with Crippen LogP contribution >= 0.6 is 0 Å². The molecule has 0 atom stereocenters. The molecule has 3 rings (SSSR count). The van der Waals surface area contributed by atoms with Gasteiger partial charge in [-0.15, -0.1) is 5.10 Å². The summed E-state index contributed by atoms with van der Waals surface area (Å²) in [5.74, 6) is -0.725. The molecule has 1 saturated carbocycles. The van der Waals surface area contributed by atoms with Crippen LogP contribution in [0.5, 0.6) is 0 Å². The Bertz CT molecular complexity index is 678. The zero-order chi connectivity index (χ0) is 16.3. The third-order valence-electron chi connectivity index (χ3n) is 4.14. The summed E-state index contributed by atoms with van der Waals surface area (Å²) in [6, 6.07) is 5.66. The second-order valence-electron chi connectivity index (χ2n) is 5.96. The second kappa shape index (κ2) is 6.45. The standard InChI is InChI=1S/C16H19FN4O2/c17-12-4-6-13(7-5-12)21-19-10-14(20-21)15(22)18-11-16(23)8-2-1-3-9-16/h4-7,10,23H,1-3,8-9,11H2,(H,18,22). The molecule has 0 aliphatic heterocycles. The van der Waals surface area contributed by atoms with Crippen LogP contribution in [0, 0.1) is 5.82 Å². The number of halogens is 1. The lowest BCUT2D eigenvalue weighted by Gasteiger charge is -2.31. The molecule has 2 N–H and O–H groups in total. The highest BCUT2D eigenvalue weighted by Gasteiger charge is 2.29. The van der Waals surface area contributed by atoms with E-state index in [1.54, 1.807) is 0 Å². The van der Waals surface area contributed by atoms with Gasteiger partial charge in [-0.05, 0) is 37.1 Å². The van der Waals surface area contributed by atoms with Crippen molar-refractivity contribution >= 4 is 5.91 Å². The van der Waals surface area contributed by atoms with Crippen molar-refractivity contribution < 1.29 is 14.3 Å². The van der Waals surface area contributed by atoms with Gasteiger partial charge < -0.3 is 10.4 Å². The van der Waals surface area contributed by atoms with Gasteiger partial charge in [-0.3, -0.25) is 4.79 Å². The van der Waals surface area contributed by atoms with E-state index in [4.69, 9.17) is 0 Å². The summed E-state index contributed by atoms with van der Waals surface area (Å²) >= 11 is 0. The Balaban J connectivity index is 1.63. The van der Waals surface area contributed by atoms with E-state index in [0.29, 0.717) is 18.5 Å². The maximum absolute atomic E-state index is 12.9. The van der Waals surface area contributed by atoms with E-state index >= 15 is 0 Å². The van der Waals surface area contributed by atoms with Crippen LogP contribution in [0.4, 0.5) is 4.39 Å². The molecule has 7 heteroatoms. The summed E-state index contributed by atoms with van der Waals surface area (Å²) in [5.41, 5.74) is -0.0917. The number of benzene rings is 1. The Morgan fingerprint density at radius 2 is 1.96 bits per heavy atom. The summed E-state index contributed by atoms with van der Waals surface area (Å²) < 4.78 is 12.9. The Hall–Kier alpha value is -2.28. The van der Waals surface area contributed by atoms with Gasteiger partial charge >= 0.3 is 0 Å². The predicted molar refractivity (Wildman–Crippen MR) is 81.7 cm³/mol. The normalized spacial score (nSPS) is 17.0. The number of carbonyl (C=O) groups is 1. The van der Waals surface area contributed by atoms with Crippen molar-refractivity contribution in [3.63, 3.8) is 0 Å². The summed E-state index contributed by atoms with van der Waals surface area (Å²) in [7, 11) is 0. The highest BCUT2D eigenvalue weighted by molar-refractivity contribution is 5.91. The summed E-state index contributed by atoms with van der Waals surface area (Å²) in [6.45, 7) is 0.218.